The van der Waals surface area contributed by atoms with Crippen LogP contribution < -0.4 is 0 Å². The van der Waals surface area contributed by atoms with Crippen molar-refractivity contribution in [1.29, 1.82) is 0 Å². The molecule has 2 aromatic rings. The number of benzene rings is 1. The van der Waals surface area contributed by atoms with Crippen LogP contribution in [0, 0.1) is 0 Å². The average molecular weight is 188 g/mol. The van der Waals surface area contributed by atoms with Gasteiger partial charge in [0.15, 0.2) is 5.84 Å². The molecule has 0 aliphatic heterocycles. The SMILES string of the molecule is O/N=C(\c1ccccc1)n1cnnc1. The van der Waals surface area contributed by atoms with Gasteiger partial charge in [-0.15, -0.1) is 10.2 Å². The van der Waals surface area contributed by atoms with Crippen molar-refractivity contribution in [1.82, 2.24) is 14.8 Å². The second kappa shape index (κ2) is 3.69. The molecule has 0 aliphatic rings. The predicted octanol–water partition coefficient (Wildman–Crippen LogP) is 0.962. The molecule has 0 bridgehead atoms. The zero-order valence-corrected chi connectivity index (χ0v) is 7.28. The van der Waals surface area contributed by atoms with Gasteiger partial charge in [0, 0.05) is 5.56 Å². The van der Waals surface area contributed by atoms with Gasteiger partial charge < -0.3 is 5.21 Å². The molecule has 0 fully saturated rings. The van der Waals surface area contributed by atoms with Crippen LogP contribution >= 0.6 is 0 Å². The lowest BCUT2D eigenvalue weighted by Crippen LogP contribution is -2.11. The Morgan fingerprint density at radius 2 is 1.79 bits per heavy atom. The average Bonchev–Trinajstić information content (AvgIpc) is 2.74. The highest BCUT2D eigenvalue weighted by atomic mass is 16.4. The summed E-state index contributed by atoms with van der Waals surface area (Å²) in [4.78, 5) is 0. The van der Waals surface area contributed by atoms with Crippen molar-refractivity contribution >= 4 is 5.84 Å². The number of rotatable bonds is 1. The third-order valence-electron chi connectivity index (χ3n) is 1.79. The molecule has 14 heavy (non-hydrogen) atoms. The van der Waals surface area contributed by atoms with Gasteiger partial charge in [0.1, 0.15) is 12.7 Å². The van der Waals surface area contributed by atoms with E-state index < -0.39 is 0 Å². The van der Waals surface area contributed by atoms with Gasteiger partial charge in [-0.05, 0) is 0 Å². The van der Waals surface area contributed by atoms with Gasteiger partial charge in [-0.1, -0.05) is 35.5 Å². The Morgan fingerprint density at radius 3 is 2.36 bits per heavy atom. The zero-order valence-electron chi connectivity index (χ0n) is 7.28. The summed E-state index contributed by atoms with van der Waals surface area (Å²) in [5.74, 6) is 0.399. The van der Waals surface area contributed by atoms with Gasteiger partial charge in [-0.25, -0.2) is 0 Å². The molecule has 0 radical (unpaired) electrons. The van der Waals surface area contributed by atoms with E-state index in [-0.39, 0.29) is 0 Å². The monoisotopic (exact) mass is 188 g/mol. The van der Waals surface area contributed by atoms with Crippen LogP contribution in [0.25, 0.3) is 0 Å². The molecular formula is C9H8N4O. The third-order valence-corrected chi connectivity index (χ3v) is 1.79. The van der Waals surface area contributed by atoms with E-state index in [0.29, 0.717) is 5.84 Å². The number of aromatic nitrogens is 3. The van der Waals surface area contributed by atoms with E-state index in [2.05, 4.69) is 15.4 Å². The first-order valence-electron chi connectivity index (χ1n) is 4.04. The molecule has 0 saturated heterocycles. The van der Waals surface area contributed by atoms with Crippen molar-refractivity contribution in [2.24, 2.45) is 5.16 Å². The van der Waals surface area contributed by atoms with Gasteiger partial charge in [-0.2, -0.15) is 0 Å². The summed E-state index contributed by atoms with van der Waals surface area (Å²) in [5, 5.41) is 19.3. The molecular weight excluding hydrogens is 180 g/mol. The van der Waals surface area contributed by atoms with Crippen LogP contribution in [0.3, 0.4) is 0 Å². The maximum Gasteiger partial charge on any atom is 0.185 e. The summed E-state index contributed by atoms with van der Waals surface area (Å²) in [7, 11) is 0. The number of oxime groups is 1. The number of nitrogens with zero attached hydrogens (tertiary/aromatic N) is 4. The Bertz CT molecular complexity index is 421. The standard InChI is InChI=1S/C9H8N4O/c14-12-9(13-6-10-11-7-13)8-4-2-1-3-5-8/h1-7,14H/b12-9+. The Labute approximate surface area is 80.3 Å². The van der Waals surface area contributed by atoms with Crippen LogP contribution in [0.5, 0.6) is 0 Å². The first kappa shape index (κ1) is 8.43. The molecule has 0 amide bonds. The van der Waals surface area contributed by atoms with E-state index in [1.54, 1.807) is 0 Å². The maximum absolute atomic E-state index is 8.86. The third kappa shape index (κ3) is 1.47. The lowest BCUT2D eigenvalue weighted by Gasteiger charge is -2.02. The first-order chi connectivity index (χ1) is 6.92. The molecule has 1 heterocycles. The molecule has 0 saturated carbocycles. The molecule has 0 aliphatic carbocycles. The number of hydrogen-bond acceptors (Lipinski definition) is 4. The smallest absolute Gasteiger partial charge is 0.185 e. The van der Waals surface area contributed by atoms with E-state index in [1.807, 2.05) is 30.3 Å². The Balaban J connectivity index is 2.43. The Kier molecular flexibility index (Phi) is 2.22. The first-order valence-corrected chi connectivity index (χ1v) is 4.04. The summed E-state index contributed by atoms with van der Waals surface area (Å²) in [6, 6.07) is 9.31. The molecule has 70 valence electrons. The van der Waals surface area contributed by atoms with Gasteiger partial charge in [-0.3, -0.25) is 4.57 Å². The van der Waals surface area contributed by atoms with E-state index in [4.69, 9.17) is 5.21 Å². The summed E-state index contributed by atoms with van der Waals surface area (Å²) >= 11 is 0. The van der Waals surface area contributed by atoms with Gasteiger partial charge in [0.2, 0.25) is 0 Å². The largest absolute Gasteiger partial charge is 0.409 e. The molecule has 1 aromatic heterocycles. The quantitative estimate of drug-likeness (QED) is 0.314. The van der Waals surface area contributed by atoms with Crippen LogP contribution in [0.15, 0.2) is 48.1 Å². The van der Waals surface area contributed by atoms with Gasteiger partial charge in [0.05, 0.1) is 0 Å². The van der Waals surface area contributed by atoms with Crippen LogP contribution in [0.4, 0.5) is 0 Å². The molecule has 0 atom stereocenters. The minimum absolute atomic E-state index is 0.399. The van der Waals surface area contributed by atoms with Crippen molar-refractivity contribution in [3.63, 3.8) is 0 Å². The Hall–Kier alpha value is -2.17. The van der Waals surface area contributed by atoms with Gasteiger partial charge in [0.25, 0.3) is 0 Å². The predicted molar refractivity (Wildman–Crippen MR) is 50.2 cm³/mol. The minimum Gasteiger partial charge on any atom is -0.409 e. The second-order valence-corrected chi connectivity index (χ2v) is 2.66. The molecule has 5 heteroatoms. The molecule has 1 N–H and O–H groups in total. The highest BCUT2D eigenvalue weighted by Crippen LogP contribution is 2.02. The maximum atomic E-state index is 8.86. The second-order valence-electron chi connectivity index (χ2n) is 2.66. The zero-order chi connectivity index (χ0) is 9.80. The van der Waals surface area contributed by atoms with E-state index in [9.17, 15) is 0 Å². The molecule has 5 nitrogen and oxygen atoms in total. The molecule has 0 spiro atoms. The van der Waals surface area contributed by atoms with Crippen molar-refractivity contribution in [2.45, 2.75) is 0 Å². The highest BCUT2D eigenvalue weighted by Gasteiger charge is 2.05. The minimum atomic E-state index is 0.399. The lowest BCUT2D eigenvalue weighted by atomic mass is 10.2. The van der Waals surface area contributed by atoms with Crippen molar-refractivity contribution < 1.29 is 5.21 Å². The van der Waals surface area contributed by atoms with Crippen LogP contribution in [0.1, 0.15) is 5.56 Å². The summed E-state index contributed by atoms with van der Waals surface area (Å²) in [6.07, 6.45) is 2.95. The van der Waals surface area contributed by atoms with Gasteiger partial charge >= 0.3 is 0 Å². The highest BCUT2D eigenvalue weighted by molar-refractivity contribution is 5.99. The van der Waals surface area contributed by atoms with Crippen LogP contribution in [-0.2, 0) is 0 Å². The fourth-order valence-corrected chi connectivity index (χ4v) is 1.16. The summed E-state index contributed by atoms with van der Waals surface area (Å²) < 4.78 is 1.54. The Morgan fingerprint density at radius 1 is 1.14 bits per heavy atom. The van der Waals surface area contributed by atoms with Crippen molar-refractivity contribution in [2.75, 3.05) is 0 Å². The topological polar surface area (TPSA) is 63.3 Å². The fourth-order valence-electron chi connectivity index (χ4n) is 1.16. The molecule has 1 aromatic carbocycles. The normalized spacial score (nSPS) is 11.6. The van der Waals surface area contributed by atoms with E-state index in [1.165, 1.54) is 17.2 Å². The van der Waals surface area contributed by atoms with Crippen molar-refractivity contribution in [3.05, 3.63) is 48.5 Å². The molecule has 0 unspecified atom stereocenters. The van der Waals surface area contributed by atoms with Crippen LogP contribution in [-0.4, -0.2) is 25.8 Å². The number of hydrogen-bond donors (Lipinski definition) is 1. The van der Waals surface area contributed by atoms with Crippen molar-refractivity contribution in [3.8, 4) is 0 Å². The fraction of sp³-hybridized carbons (Fsp3) is 0. The van der Waals surface area contributed by atoms with E-state index >= 15 is 0 Å². The summed E-state index contributed by atoms with van der Waals surface area (Å²) in [6.45, 7) is 0. The van der Waals surface area contributed by atoms with E-state index in [0.717, 1.165) is 5.56 Å². The summed E-state index contributed by atoms with van der Waals surface area (Å²) in [5.41, 5.74) is 0.801. The molecule has 2 rings (SSSR count). The van der Waals surface area contributed by atoms with Crippen LogP contribution in [0.2, 0.25) is 0 Å². The lowest BCUT2D eigenvalue weighted by molar-refractivity contribution is 0.317.